The molecule has 0 unspecified atom stereocenters. The van der Waals surface area contributed by atoms with Crippen molar-refractivity contribution in [3.63, 3.8) is 0 Å². The SMILES string of the molecule is CCOc1csc(-c2cc(NCCc3cc4cnccc4cc3F)ncn2)c1. The molecular formula is C21H19FN4OS. The zero-order valence-electron chi connectivity index (χ0n) is 15.4. The molecule has 0 aliphatic heterocycles. The van der Waals surface area contributed by atoms with E-state index in [0.717, 1.165) is 27.1 Å². The molecule has 4 rings (SSSR count). The summed E-state index contributed by atoms with van der Waals surface area (Å²) in [6, 6.07) is 9.08. The summed E-state index contributed by atoms with van der Waals surface area (Å²) in [4.78, 5) is 13.7. The van der Waals surface area contributed by atoms with Crippen molar-refractivity contribution in [3.05, 3.63) is 65.8 Å². The molecule has 1 aromatic carbocycles. The van der Waals surface area contributed by atoms with Crippen LogP contribution >= 0.6 is 11.3 Å². The number of fused-ring (bicyclic) bond motifs is 1. The van der Waals surface area contributed by atoms with Gasteiger partial charge in [0.1, 0.15) is 23.7 Å². The van der Waals surface area contributed by atoms with Crippen LogP contribution in [0.15, 0.2) is 54.4 Å². The minimum atomic E-state index is -0.203. The van der Waals surface area contributed by atoms with Crippen LogP contribution in [0.4, 0.5) is 10.2 Å². The van der Waals surface area contributed by atoms with Gasteiger partial charge in [0.2, 0.25) is 0 Å². The molecule has 0 atom stereocenters. The maximum atomic E-state index is 14.3. The van der Waals surface area contributed by atoms with Gasteiger partial charge in [0, 0.05) is 41.8 Å². The molecule has 0 saturated carbocycles. The molecule has 0 bridgehead atoms. The van der Waals surface area contributed by atoms with E-state index in [1.165, 1.54) is 6.33 Å². The molecule has 0 aliphatic rings. The normalized spacial score (nSPS) is 10.9. The number of nitrogens with zero attached hydrogens (tertiary/aromatic N) is 3. The minimum Gasteiger partial charge on any atom is -0.493 e. The van der Waals surface area contributed by atoms with Crippen LogP contribution in [-0.4, -0.2) is 28.1 Å². The highest BCUT2D eigenvalue weighted by Gasteiger charge is 2.08. The molecule has 0 spiro atoms. The van der Waals surface area contributed by atoms with Gasteiger partial charge in [-0.2, -0.15) is 0 Å². The lowest BCUT2D eigenvalue weighted by molar-refractivity contribution is 0.342. The fourth-order valence-electron chi connectivity index (χ4n) is 2.96. The first-order valence-electron chi connectivity index (χ1n) is 9.02. The Bertz CT molecular complexity index is 1100. The van der Waals surface area contributed by atoms with Crippen LogP contribution < -0.4 is 10.1 Å². The molecule has 0 radical (unpaired) electrons. The van der Waals surface area contributed by atoms with Gasteiger partial charge in [-0.1, -0.05) is 0 Å². The fraction of sp³-hybridized carbons (Fsp3) is 0.190. The van der Waals surface area contributed by atoms with Crippen LogP contribution in [-0.2, 0) is 6.42 Å². The molecular weight excluding hydrogens is 375 g/mol. The summed E-state index contributed by atoms with van der Waals surface area (Å²) < 4.78 is 19.8. The largest absolute Gasteiger partial charge is 0.493 e. The molecule has 142 valence electrons. The number of pyridine rings is 1. The van der Waals surface area contributed by atoms with Crippen LogP contribution in [0.3, 0.4) is 0 Å². The second-order valence-corrected chi connectivity index (χ2v) is 7.12. The van der Waals surface area contributed by atoms with Crippen LogP contribution in [0.2, 0.25) is 0 Å². The van der Waals surface area contributed by atoms with Gasteiger partial charge in [-0.25, -0.2) is 14.4 Å². The molecule has 5 nitrogen and oxygen atoms in total. The first-order chi connectivity index (χ1) is 13.7. The van der Waals surface area contributed by atoms with Gasteiger partial charge in [-0.15, -0.1) is 11.3 Å². The van der Waals surface area contributed by atoms with Gasteiger partial charge >= 0.3 is 0 Å². The Labute approximate surface area is 166 Å². The summed E-state index contributed by atoms with van der Waals surface area (Å²) in [5.74, 6) is 1.35. The van der Waals surface area contributed by atoms with Crippen molar-refractivity contribution in [1.29, 1.82) is 0 Å². The van der Waals surface area contributed by atoms with Crippen LogP contribution in [0.5, 0.6) is 5.75 Å². The Balaban J connectivity index is 1.43. The quantitative estimate of drug-likeness (QED) is 0.481. The highest BCUT2D eigenvalue weighted by atomic mass is 32.1. The second-order valence-electron chi connectivity index (χ2n) is 6.21. The lowest BCUT2D eigenvalue weighted by Crippen LogP contribution is -2.07. The van der Waals surface area contributed by atoms with Gasteiger partial charge in [-0.05, 0) is 42.5 Å². The fourth-order valence-corrected chi connectivity index (χ4v) is 3.75. The van der Waals surface area contributed by atoms with Crippen molar-refractivity contribution in [2.75, 3.05) is 18.5 Å². The number of hydrogen-bond acceptors (Lipinski definition) is 6. The van der Waals surface area contributed by atoms with E-state index in [1.54, 1.807) is 29.8 Å². The van der Waals surface area contributed by atoms with E-state index in [1.807, 2.05) is 36.6 Å². The van der Waals surface area contributed by atoms with Gasteiger partial charge in [0.25, 0.3) is 0 Å². The number of thiophene rings is 1. The number of halogens is 1. The number of benzene rings is 1. The number of aromatic nitrogens is 3. The first-order valence-corrected chi connectivity index (χ1v) is 9.90. The topological polar surface area (TPSA) is 59.9 Å². The summed E-state index contributed by atoms with van der Waals surface area (Å²) >= 11 is 1.58. The summed E-state index contributed by atoms with van der Waals surface area (Å²) in [5, 5.41) is 7.00. The smallest absolute Gasteiger partial charge is 0.130 e. The Morgan fingerprint density at radius 1 is 1.14 bits per heavy atom. The van der Waals surface area contributed by atoms with Crippen molar-refractivity contribution in [2.24, 2.45) is 0 Å². The Kier molecular flexibility index (Phi) is 5.43. The average molecular weight is 394 g/mol. The predicted molar refractivity (Wildman–Crippen MR) is 110 cm³/mol. The van der Waals surface area contributed by atoms with Crippen LogP contribution in [0.25, 0.3) is 21.3 Å². The van der Waals surface area contributed by atoms with Crippen LogP contribution in [0, 0.1) is 5.82 Å². The Hall–Kier alpha value is -3.06. The van der Waals surface area contributed by atoms with E-state index in [0.29, 0.717) is 31.0 Å². The van der Waals surface area contributed by atoms with E-state index in [4.69, 9.17) is 4.74 Å². The third kappa shape index (κ3) is 4.09. The van der Waals surface area contributed by atoms with Gasteiger partial charge < -0.3 is 10.1 Å². The molecule has 28 heavy (non-hydrogen) atoms. The average Bonchev–Trinajstić information content (AvgIpc) is 3.18. The maximum Gasteiger partial charge on any atom is 0.130 e. The zero-order chi connectivity index (χ0) is 19.3. The third-order valence-electron chi connectivity index (χ3n) is 4.31. The van der Waals surface area contributed by atoms with E-state index < -0.39 is 0 Å². The van der Waals surface area contributed by atoms with Gasteiger partial charge in [-0.3, -0.25) is 4.98 Å². The minimum absolute atomic E-state index is 0.203. The molecule has 1 N–H and O–H groups in total. The molecule has 4 aromatic rings. The third-order valence-corrected chi connectivity index (χ3v) is 5.24. The highest BCUT2D eigenvalue weighted by molar-refractivity contribution is 7.13. The summed E-state index contributed by atoms with van der Waals surface area (Å²) in [7, 11) is 0. The maximum absolute atomic E-state index is 14.3. The molecule has 3 aromatic heterocycles. The number of nitrogens with one attached hydrogen (secondary N) is 1. The van der Waals surface area contributed by atoms with Crippen molar-refractivity contribution in [1.82, 2.24) is 15.0 Å². The highest BCUT2D eigenvalue weighted by Crippen LogP contribution is 2.30. The summed E-state index contributed by atoms with van der Waals surface area (Å²) in [6.07, 6.45) is 5.49. The number of anilines is 1. The van der Waals surface area contributed by atoms with Crippen molar-refractivity contribution in [2.45, 2.75) is 13.3 Å². The first kappa shape index (κ1) is 18.3. The molecule has 0 amide bonds. The summed E-state index contributed by atoms with van der Waals surface area (Å²) in [6.45, 7) is 3.15. The molecule has 0 saturated heterocycles. The van der Waals surface area contributed by atoms with E-state index in [-0.39, 0.29) is 5.82 Å². The zero-order valence-corrected chi connectivity index (χ0v) is 16.2. The predicted octanol–water partition coefficient (Wildman–Crippen LogP) is 4.95. The van der Waals surface area contributed by atoms with Gasteiger partial charge in [0.05, 0.1) is 17.2 Å². The molecule has 0 aliphatic carbocycles. The van der Waals surface area contributed by atoms with Crippen LogP contribution in [0.1, 0.15) is 12.5 Å². The van der Waals surface area contributed by atoms with Crippen molar-refractivity contribution >= 4 is 27.9 Å². The molecule has 0 fully saturated rings. The Morgan fingerprint density at radius 3 is 2.96 bits per heavy atom. The number of ether oxygens (including phenoxy) is 1. The van der Waals surface area contributed by atoms with Crippen molar-refractivity contribution < 1.29 is 9.13 Å². The van der Waals surface area contributed by atoms with E-state index >= 15 is 0 Å². The van der Waals surface area contributed by atoms with Gasteiger partial charge in [0.15, 0.2) is 0 Å². The monoisotopic (exact) mass is 394 g/mol. The summed E-state index contributed by atoms with van der Waals surface area (Å²) in [5.41, 5.74) is 1.48. The number of hydrogen-bond donors (Lipinski definition) is 1. The van der Waals surface area contributed by atoms with Crippen molar-refractivity contribution in [3.8, 4) is 16.3 Å². The standard InChI is InChI=1S/C21H19FN4OS/c1-2-27-17-9-20(28-12-17)19-10-21(26-13-25-19)24-6-4-15-7-16-11-23-5-3-14(16)8-18(15)22/h3,5,7-13H,2,4,6H2,1H3,(H,24,25,26). The number of rotatable bonds is 7. The molecule has 7 heteroatoms. The van der Waals surface area contributed by atoms with E-state index in [2.05, 4.69) is 20.3 Å². The lowest BCUT2D eigenvalue weighted by Gasteiger charge is -2.08. The lowest BCUT2D eigenvalue weighted by atomic mass is 10.1. The molecule has 3 heterocycles. The van der Waals surface area contributed by atoms with E-state index in [9.17, 15) is 4.39 Å². The second kappa shape index (κ2) is 8.31. The Morgan fingerprint density at radius 2 is 2.07 bits per heavy atom.